The molecule has 4 aromatic carbocycles. The van der Waals surface area contributed by atoms with E-state index in [9.17, 15) is 18.0 Å². The number of nitrogens with zero attached hydrogens (tertiary/aromatic N) is 2. The molecule has 1 N–H and O–H groups in total. The molecule has 0 spiro atoms. The molecule has 0 bridgehead atoms. The fourth-order valence-corrected chi connectivity index (χ4v) is 6.13. The Morgan fingerprint density at radius 2 is 1.40 bits per heavy atom. The quantitative estimate of drug-likeness (QED) is 0.219. The van der Waals surface area contributed by atoms with E-state index in [4.69, 9.17) is 0 Å². The van der Waals surface area contributed by atoms with Crippen molar-refractivity contribution in [2.75, 3.05) is 17.4 Å². The Morgan fingerprint density at radius 3 is 2.00 bits per heavy atom. The Hall–Kier alpha value is -4.50. The average molecular weight is 602 g/mol. The van der Waals surface area contributed by atoms with Gasteiger partial charge in [0, 0.05) is 19.5 Å². The van der Waals surface area contributed by atoms with Crippen molar-refractivity contribution < 1.29 is 22.4 Å². The first-order valence-electron chi connectivity index (χ1n) is 14.2. The van der Waals surface area contributed by atoms with Crippen molar-refractivity contribution in [3.63, 3.8) is 0 Å². The van der Waals surface area contributed by atoms with Crippen LogP contribution >= 0.6 is 0 Å². The lowest BCUT2D eigenvalue weighted by Crippen LogP contribution is -2.53. The number of anilines is 1. The molecule has 4 aromatic rings. The van der Waals surface area contributed by atoms with Gasteiger partial charge in [0.25, 0.3) is 10.0 Å². The fourth-order valence-electron chi connectivity index (χ4n) is 4.70. The number of amides is 2. The number of carbonyl (C=O) groups is 2. The minimum atomic E-state index is -4.37. The third-order valence-electron chi connectivity index (χ3n) is 7.03. The van der Waals surface area contributed by atoms with Crippen LogP contribution in [0.25, 0.3) is 0 Å². The van der Waals surface area contributed by atoms with Crippen molar-refractivity contribution in [3.8, 4) is 0 Å². The minimum absolute atomic E-state index is 0.0480. The third-order valence-corrected chi connectivity index (χ3v) is 8.80. The molecule has 0 aromatic heterocycles. The van der Waals surface area contributed by atoms with Crippen LogP contribution in [0, 0.1) is 12.7 Å². The van der Waals surface area contributed by atoms with Gasteiger partial charge >= 0.3 is 0 Å². The van der Waals surface area contributed by atoms with Crippen LogP contribution in [0.3, 0.4) is 0 Å². The van der Waals surface area contributed by atoms with E-state index in [0.29, 0.717) is 13.0 Å². The standard InChI is InChI=1S/C34H36FN3O4S/c1-3-22-36-34(40)32(23-27-12-6-4-7-13-27)37(24-28-14-8-5-9-15-28)33(39)25-38(31-17-11-10-16-30(31)35)43(41,42)29-20-18-26(2)19-21-29/h4-21,32H,3,22-25H2,1-2H3,(H,36,40)/t32-/m1/s1. The van der Waals surface area contributed by atoms with Crippen molar-refractivity contribution in [2.24, 2.45) is 0 Å². The molecule has 1 atom stereocenters. The number of carbonyl (C=O) groups excluding carboxylic acids is 2. The lowest BCUT2D eigenvalue weighted by Gasteiger charge is -2.34. The maximum absolute atomic E-state index is 15.2. The fraction of sp³-hybridized carbons (Fsp3) is 0.235. The Kier molecular flexibility index (Phi) is 10.7. The zero-order chi connectivity index (χ0) is 30.8. The Bertz CT molecular complexity index is 1610. The van der Waals surface area contributed by atoms with Gasteiger partial charge in [0.15, 0.2) is 0 Å². The summed E-state index contributed by atoms with van der Waals surface area (Å²) in [6.45, 7) is 3.51. The van der Waals surface area contributed by atoms with E-state index >= 15 is 4.39 Å². The molecule has 0 heterocycles. The average Bonchev–Trinajstić information content (AvgIpc) is 3.02. The van der Waals surface area contributed by atoms with E-state index in [2.05, 4.69) is 5.32 Å². The predicted molar refractivity (Wildman–Crippen MR) is 166 cm³/mol. The summed E-state index contributed by atoms with van der Waals surface area (Å²) in [5.41, 5.74) is 2.19. The van der Waals surface area contributed by atoms with Crippen LogP contribution in [-0.2, 0) is 32.6 Å². The van der Waals surface area contributed by atoms with E-state index in [1.165, 1.54) is 35.2 Å². The van der Waals surface area contributed by atoms with Gasteiger partial charge in [-0.3, -0.25) is 13.9 Å². The zero-order valence-electron chi connectivity index (χ0n) is 24.3. The van der Waals surface area contributed by atoms with Crippen LogP contribution in [0.2, 0.25) is 0 Å². The summed E-state index contributed by atoms with van der Waals surface area (Å²) in [7, 11) is -4.37. The van der Waals surface area contributed by atoms with E-state index in [1.54, 1.807) is 12.1 Å². The highest BCUT2D eigenvalue weighted by Crippen LogP contribution is 2.27. The van der Waals surface area contributed by atoms with Crippen LogP contribution in [0.4, 0.5) is 10.1 Å². The smallest absolute Gasteiger partial charge is 0.264 e. The number of nitrogens with one attached hydrogen (secondary N) is 1. The Balaban J connectivity index is 1.79. The molecule has 43 heavy (non-hydrogen) atoms. The van der Waals surface area contributed by atoms with E-state index in [0.717, 1.165) is 27.1 Å². The second-order valence-electron chi connectivity index (χ2n) is 10.3. The lowest BCUT2D eigenvalue weighted by atomic mass is 10.0. The van der Waals surface area contributed by atoms with E-state index < -0.39 is 34.3 Å². The molecule has 0 saturated heterocycles. The first-order chi connectivity index (χ1) is 20.7. The summed E-state index contributed by atoms with van der Waals surface area (Å²) in [4.78, 5) is 29.2. The maximum atomic E-state index is 15.2. The van der Waals surface area contributed by atoms with Crippen molar-refractivity contribution in [1.29, 1.82) is 0 Å². The van der Waals surface area contributed by atoms with E-state index in [-0.39, 0.29) is 29.5 Å². The van der Waals surface area contributed by atoms with Gasteiger partial charge in [-0.2, -0.15) is 0 Å². The largest absolute Gasteiger partial charge is 0.354 e. The number of benzene rings is 4. The molecule has 0 fully saturated rings. The van der Waals surface area contributed by atoms with Crippen molar-refractivity contribution in [2.45, 2.75) is 44.2 Å². The number of para-hydroxylation sites is 1. The predicted octanol–water partition coefficient (Wildman–Crippen LogP) is 5.50. The van der Waals surface area contributed by atoms with Crippen LogP contribution in [0.1, 0.15) is 30.0 Å². The van der Waals surface area contributed by atoms with Crippen LogP contribution < -0.4 is 9.62 Å². The molecule has 0 saturated carbocycles. The zero-order valence-corrected chi connectivity index (χ0v) is 25.1. The molecule has 0 aliphatic heterocycles. The van der Waals surface area contributed by atoms with Gasteiger partial charge in [-0.15, -0.1) is 0 Å². The first-order valence-corrected chi connectivity index (χ1v) is 15.6. The Labute approximate surface area is 253 Å². The highest BCUT2D eigenvalue weighted by molar-refractivity contribution is 7.92. The van der Waals surface area contributed by atoms with Crippen LogP contribution in [-0.4, -0.2) is 44.3 Å². The topological polar surface area (TPSA) is 86.8 Å². The van der Waals surface area contributed by atoms with Gasteiger partial charge in [0.2, 0.25) is 11.8 Å². The number of rotatable bonds is 13. The summed E-state index contributed by atoms with van der Waals surface area (Å²) >= 11 is 0. The van der Waals surface area contributed by atoms with E-state index in [1.807, 2.05) is 74.5 Å². The molecule has 2 amide bonds. The SMILES string of the molecule is CCCNC(=O)[C@@H](Cc1ccccc1)N(Cc1ccccc1)C(=O)CN(c1ccccc1F)S(=O)(=O)c1ccc(C)cc1. The van der Waals surface area contributed by atoms with Crippen LogP contribution in [0.15, 0.2) is 114 Å². The van der Waals surface area contributed by atoms with Gasteiger partial charge < -0.3 is 10.2 Å². The molecule has 7 nitrogen and oxygen atoms in total. The molecular formula is C34H36FN3O4S. The highest BCUT2D eigenvalue weighted by Gasteiger charge is 2.35. The Morgan fingerprint density at radius 1 is 0.814 bits per heavy atom. The van der Waals surface area contributed by atoms with Gasteiger partial charge in [-0.25, -0.2) is 12.8 Å². The number of halogens is 1. The maximum Gasteiger partial charge on any atom is 0.264 e. The number of hydrogen-bond donors (Lipinski definition) is 1. The van der Waals surface area contributed by atoms with Gasteiger partial charge in [-0.1, -0.05) is 97.4 Å². The van der Waals surface area contributed by atoms with Crippen molar-refractivity contribution >= 4 is 27.5 Å². The number of aryl methyl sites for hydroxylation is 1. The summed E-state index contributed by atoms with van der Waals surface area (Å²) in [5, 5.41) is 2.90. The second kappa shape index (κ2) is 14.6. The molecule has 9 heteroatoms. The molecule has 224 valence electrons. The number of hydrogen-bond acceptors (Lipinski definition) is 4. The molecule has 0 aliphatic rings. The molecule has 0 unspecified atom stereocenters. The first kappa shape index (κ1) is 31.4. The second-order valence-corrected chi connectivity index (χ2v) is 12.1. The molecule has 0 aliphatic carbocycles. The monoisotopic (exact) mass is 601 g/mol. The van der Waals surface area contributed by atoms with Gasteiger partial charge in [0.1, 0.15) is 18.4 Å². The summed E-state index contributed by atoms with van der Waals surface area (Å²) in [6.07, 6.45) is 0.908. The van der Waals surface area contributed by atoms with Gasteiger partial charge in [-0.05, 0) is 48.7 Å². The number of sulfonamides is 1. The highest BCUT2D eigenvalue weighted by atomic mass is 32.2. The van der Waals surface area contributed by atoms with Gasteiger partial charge in [0.05, 0.1) is 10.6 Å². The van der Waals surface area contributed by atoms with Crippen molar-refractivity contribution in [1.82, 2.24) is 10.2 Å². The lowest BCUT2D eigenvalue weighted by molar-refractivity contribution is -0.140. The molecule has 4 rings (SSSR count). The summed E-state index contributed by atoms with van der Waals surface area (Å²) < 4.78 is 43.9. The molecule has 0 radical (unpaired) electrons. The summed E-state index contributed by atoms with van der Waals surface area (Å²) in [5.74, 6) is -1.79. The normalized spacial score (nSPS) is 11.9. The minimum Gasteiger partial charge on any atom is -0.354 e. The molecular weight excluding hydrogens is 565 g/mol. The van der Waals surface area contributed by atoms with Crippen LogP contribution in [0.5, 0.6) is 0 Å². The third kappa shape index (κ3) is 8.08. The van der Waals surface area contributed by atoms with Crippen molar-refractivity contribution in [3.05, 3.63) is 132 Å². The summed E-state index contributed by atoms with van der Waals surface area (Å²) in [6, 6.07) is 29.1.